The number of carbonyl (C=O) groups excluding carboxylic acids is 1. The van der Waals surface area contributed by atoms with Crippen molar-refractivity contribution >= 4 is 38.8 Å². The van der Waals surface area contributed by atoms with Crippen molar-refractivity contribution in [3.63, 3.8) is 0 Å². The molecule has 7 nitrogen and oxygen atoms in total. The third-order valence-corrected chi connectivity index (χ3v) is 6.62. The van der Waals surface area contributed by atoms with Gasteiger partial charge in [-0.05, 0) is 61.4 Å². The molecule has 0 saturated carbocycles. The van der Waals surface area contributed by atoms with Gasteiger partial charge in [0.25, 0.3) is 11.6 Å². The lowest BCUT2D eigenvalue weighted by Gasteiger charge is -2.10. The second-order valence-corrected chi connectivity index (χ2v) is 8.89. The van der Waals surface area contributed by atoms with E-state index in [1.807, 2.05) is 49.4 Å². The van der Waals surface area contributed by atoms with Crippen LogP contribution in [0.2, 0.25) is 0 Å². The second kappa shape index (κ2) is 8.57. The number of hydrogen-bond acceptors (Lipinski definition) is 6. The summed E-state index contributed by atoms with van der Waals surface area (Å²) in [5, 5.41) is 15.2. The number of furan rings is 1. The predicted molar refractivity (Wildman–Crippen MR) is 133 cm³/mol. The van der Waals surface area contributed by atoms with Crippen molar-refractivity contribution in [3.05, 3.63) is 99.8 Å². The average molecular weight is 470 g/mol. The quantitative estimate of drug-likeness (QED) is 0.221. The van der Waals surface area contributed by atoms with Crippen LogP contribution in [-0.4, -0.2) is 15.8 Å². The molecule has 3 aromatic carbocycles. The van der Waals surface area contributed by atoms with Crippen LogP contribution in [0.15, 0.2) is 77.2 Å². The summed E-state index contributed by atoms with van der Waals surface area (Å²) < 4.78 is 6.80. The molecule has 5 rings (SSSR count). The molecule has 5 aromatic rings. The molecule has 0 radical (unpaired) electrons. The number of para-hydroxylation sites is 1. The van der Waals surface area contributed by atoms with E-state index in [0.717, 1.165) is 31.9 Å². The summed E-state index contributed by atoms with van der Waals surface area (Å²) in [5.74, 6) is -0.114. The van der Waals surface area contributed by atoms with Gasteiger partial charge in [0, 0.05) is 17.3 Å². The van der Waals surface area contributed by atoms with E-state index in [4.69, 9.17) is 9.40 Å². The molecule has 0 fully saturated rings. The molecule has 0 bridgehead atoms. The Labute approximate surface area is 198 Å². The number of amides is 1. The van der Waals surface area contributed by atoms with Gasteiger partial charge in [-0.3, -0.25) is 14.9 Å². The van der Waals surface area contributed by atoms with Crippen molar-refractivity contribution in [3.8, 4) is 21.9 Å². The van der Waals surface area contributed by atoms with Crippen LogP contribution in [0.4, 0.5) is 11.4 Å². The molecule has 34 heavy (non-hydrogen) atoms. The highest BCUT2D eigenvalue weighted by molar-refractivity contribution is 7.21. The summed E-state index contributed by atoms with van der Waals surface area (Å²) in [5.41, 5.74) is 4.42. The Hall–Kier alpha value is -4.30. The first-order valence-corrected chi connectivity index (χ1v) is 11.3. The number of fused-ring (bicyclic) bond motifs is 1. The molecular weight excluding hydrogens is 450 g/mol. The van der Waals surface area contributed by atoms with Gasteiger partial charge in [0.05, 0.1) is 20.7 Å². The molecule has 8 heteroatoms. The minimum atomic E-state index is -0.457. The van der Waals surface area contributed by atoms with Crippen molar-refractivity contribution in [1.82, 2.24) is 4.98 Å². The summed E-state index contributed by atoms with van der Waals surface area (Å²) in [6.07, 6.45) is 0. The third-order valence-electron chi connectivity index (χ3n) is 5.55. The van der Waals surface area contributed by atoms with E-state index in [1.54, 1.807) is 36.5 Å². The first kappa shape index (κ1) is 21.5. The zero-order valence-corrected chi connectivity index (χ0v) is 19.2. The van der Waals surface area contributed by atoms with Gasteiger partial charge in [-0.1, -0.05) is 30.3 Å². The van der Waals surface area contributed by atoms with Crippen LogP contribution in [-0.2, 0) is 0 Å². The van der Waals surface area contributed by atoms with E-state index in [1.165, 1.54) is 12.1 Å². The predicted octanol–water partition coefficient (Wildman–Crippen LogP) is 7.00. The third kappa shape index (κ3) is 3.95. The number of nitro groups is 1. The zero-order valence-electron chi connectivity index (χ0n) is 18.4. The number of nitrogens with one attached hydrogen (secondary N) is 1. The summed E-state index contributed by atoms with van der Waals surface area (Å²) in [7, 11) is 0. The van der Waals surface area contributed by atoms with E-state index in [2.05, 4.69) is 5.32 Å². The van der Waals surface area contributed by atoms with Gasteiger partial charge in [-0.2, -0.15) is 0 Å². The largest absolute Gasteiger partial charge is 0.451 e. The van der Waals surface area contributed by atoms with Crippen molar-refractivity contribution in [2.45, 2.75) is 13.8 Å². The van der Waals surface area contributed by atoms with Crippen LogP contribution in [0.1, 0.15) is 21.7 Å². The molecule has 0 aliphatic rings. The van der Waals surface area contributed by atoms with Gasteiger partial charge in [0.1, 0.15) is 10.8 Å². The first-order valence-electron chi connectivity index (χ1n) is 10.5. The smallest absolute Gasteiger partial charge is 0.291 e. The van der Waals surface area contributed by atoms with E-state index in [9.17, 15) is 14.9 Å². The van der Waals surface area contributed by atoms with E-state index >= 15 is 0 Å². The highest BCUT2D eigenvalue weighted by Gasteiger charge is 2.21. The Morgan fingerprint density at radius 3 is 2.62 bits per heavy atom. The standard InChI is InChI=1S/C26H19N3O4S/c1-15-10-11-18(21(14-15)29(31)32)22-12-13-23(33-22)25(30)27-19-8-5-6-17(16(19)2)26-28-20-7-3-4-9-24(20)34-26/h3-14H,1-2H3,(H,27,30). The zero-order chi connectivity index (χ0) is 23.8. The maximum atomic E-state index is 12.9. The normalized spacial score (nSPS) is 11.0. The van der Waals surface area contributed by atoms with Crippen molar-refractivity contribution in [1.29, 1.82) is 0 Å². The van der Waals surface area contributed by atoms with Gasteiger partial charge in [-0.25, -0.2) is 4.98 Å². The van der Waals surface area contributed by atoms with Crippen LogP contribution in [0, 0.1) is 24.0 Å². The maximum Gasteiger partial charge on any atom is 0.291 e. The fraction of sp³-hybridized carbons (Fsp3) is 0.0769. The molecule has 0 aliphatic heterocycles. The number of hydrogen-bond donors (Lipinski definition) is 1. The minimum Gasteiger partial charge on any atom is -0.451 e. The van der Waals surface area contributed by atoms with E-state index in [0.29, 0.717) is 11.3 Å². The van der Waals surface area contributed by atoms with Crippen LogP contribution in [0.3, 0.4) is 0 Å². The second-order valence-electron chi connectivity index (χ2n) is 7.86. The van der Waals surface area contributed by atoms with Gasteiger partial charge >= 0.3 is 0 Å². The lowest BCUT2D eigenvalue weighted by Crippen LogP contribution is -2.12. The molecular formula is C26H19N3O4S. The lowest BCUT2D eigenvalue weighted by molar-refractivity contribution is -0.384. The SMILES string of the molecule is Cc1ccc(-c2ccc(C(=O)Nc3cccc(-c4nc5ccccc5s4)c3C)o2)c([N+](=O)[O-])c1. The Morgan fingerprint density at radius 1 is 1.00 bits per heavy atom. The number of nitrogens with zero attached hydrogens (tertiary/aromatic N) is 2. The number of benzene rings is 3. The number of aromatic nitrogens is 1. The Morgan fingerprint density at radius 2 is 1.82 bits per heavy atom. The van der Waals surface area contributed by atoms with E-state index < -0.39 is 10.8 Å². The molecule has 1 amide bonds. The van der Waals surface area contributed by atoms with Gasteiger partial charge in [0.15, 0.2) is 5.76 Å². The molecule has 0 aliphatic carbocycles. The molecule has 0 unspecified atom stereocenters. The van der Waals surface area contributed by atoms with Crippen molar-refractivity contribution in [2.75, 3.05) is 5.32 Å². The lowest BCUT2D eigenvalue weighted by atomic mass is 10.1. The van der Waals surface area contributed by atoms with Crippen LogP contribution < -0.4 is 5.32 Å². The number of thiazole rings is 1. The fourth-order valence-electron chi connectivity index (χ4n) is 3.78. The summed E-state index contributed by atoms with van der Waals surface area (Å²) in [4.78, 5) is 28.6. The van der Waals surface area contributed by atoms with Crippen LogP contribution in [0.25, 0.3) is 32.1 Å². The fourth-order valence-corrected chi connectivity index (χ4v) is 4.83. The Kier molecular flexibility index (Phi) is 5.43. The number of nitro benzene ring substituents is 1. The molecule has 168 valence electrons. The highest BCUT2D eigenvalue weighted by atomic mass is 32.1. The number of anilines is 1. The topological polar surface area (TPSA) is 98.3 Å². The van der Waals surface area contributed by atoms with Crippen LogP contribution >= 0.6 is 11.3 Å². The number of aryl methyl sites for hydroxylation is 1. The summed E-state index contributed by atoms with van der Waals surface area (Å²) in [6, 6.07) is 21.6. The highest BCUT2D eigenvalue weighted by Crippen LogP contribution is 2.35. The minimum absolute atomic E-state index is 0.0645. The van der Waals surface area contributed by atoms with Crippen molar-refractivity contribution < 1.29 is 14.1 Å². The average Bonchev–Trinajstić information content (AvgIpc) is 3.48. The van der Waals surface area contributed by atoms with E-state index in [-0.39, 0.29) is 17.2 Å². The molecule has 2 heterocycles. The Bertz CT molecular complexity index is 1530. The monoisotopic (exact) mass is 469 g/mol. The summed E-state index contributed by atoms with van der Waals surface area (Å²) in [6.45, 7) is 3.71. The maximum absolute atomic E-state index is 12.9. The molecule has 1 N–H and O–H groups in total. The summed E-state index contributed by atoms with van der Waals surface area (Å²) >= 11 is 1.60. The Balaban J connectivity index is 1.42. The van der Waals surface area contributed by atoms with Crippen molar-refractivity contribution in [2.24, 2.45) is 0 Å². The molecule has 0 saturated heterocycles. The van der Waals surface area contributed by atoms with Crippen LogP contribution in [0.5, 0.6) is 0 Å². The van der Waals surface area contributed by atoms with Gasteiger partial charge < -0.3 is 9.73 Å². The number of carbonyl (C=O) groups is 1. The number of rotatable bonds is 5. The molecule has 0 atom stereocenters. The first-order chi connectivity index (χ1) is 16.4. The molecule has 2 aromatic heterocycles. The molecule has 0 spiro atoms. The van der Waals surface area contributed by atoms with Gasteiger partial charge in [0.2, 0.25) is 0 Å². The van der Waals surface area contributed by atoms with Gasteiger partial charge in [-0.15, -0.1) is 11.3 Å².